The average molecular weight is 188 g/mol. The van der Waals surface area contributed by atoms with Gasteiger partial charge in [0, 0.05) is 13.1 Å². The zero-order chi connectivity index (χ0) is 9.97. The molecular formula is C11H12N2O. The second kappa shape index (κ2) is 3.54. The second-order valence-electron chi connectivity index (χ2n) is 3.06. The van der Waals surface area contributed by atoms with E-state index in [9.17, 15) is 0 Å². The van der Waals surface area contributed by atoms with Crippen molar-refractivity contribution < 1.29 is 4.74 Å². The van der Waals surface area contributed by atoms with Gasteiger partial charge in [-0.05, 0) is 12.1 Å². The molecule has 0 aliphatic carbocycles. The highest BCUT2D eigenvalue weighted by atomic mass is 16.5. The van der Waals surface area contributed by atoms with Crippen LogP contribution in [0.1, 0.15) is 5.82 Å². The maximum absolute atomic E-state index is 4.86. The first-order valence-corrected chi connectivity index (χ1v) is 4.43. The Bertz CT molecular complexity index is 471. The van der Waals surface area contributed by atoms with Gasteiger partial charge in [-0.2, -0.15) is 0 Å². The number of methoxy groups -OCH3 is 1. The number of nitrogens with zero attached hydrogens (tertiary/aromatic N) is 2. The van der Waals surface area contributed by atoms with Crippen LogP contribution in [0.3, 0.4) is 0 Å². The van der Waals surface area contributed by atoms with E-state index in [2.05, 4.69) is 4.98 Å². The van der Waals surface area contributed by atoms with Crippen LogP contribution in [0.2, 0.25) is 0 Å². The first kappa shape index (κ1) is 8.81. The summed E-state index contributed by atoms with van der Waals surface area (Å²) in [5, 5.41) is 0. The number of aryl methyl sites for hydroxylation is 1. The van der Waals surface area contributed by atoms with Gasteiger partial charge >= 0.3 is 0 Å². The fourth-order valence-electron chi connectivity index (χ4n) is 1.44. The smallest absolute Gasteiger partial charge is 0.136 e. The molecule has 2 aromatic rings. The van der Waals surface area contributed by atoms with Gasteiger partial charge < -0.3 is 9.30 Å². The predicted octanol–water partition coefficient (Wildman–Crippen LogP) is 2.19. The molecule has 3 heteroatoms. The topological polar surface area (TPSA) is 27.1 Å². The lowest BCUT2D eigenvalue weighted by Gasteiger charge is -1.95. The van der Waals surface area contributed by atoms with Crippen molar-refractivity contribution in [3.8, 4) is 0 Å². The second-order valence-corrected chi connectivity index (χ2v) is 3.06. The van der Waals surface area contributed by atoms with E-state index >= 15 is 0 Å². The number of ether oxygens (including phenoxy) is 1. The number of rotatable bonds is 2. The number of hydrogen-bond acceptors (Lipinski definition) is 2. The van der Waals surface area contributed by atoms with E-state index in [1.54, 1.807) is 13.4 Å². The van der Waals surface area contributed by atoms with Crippen LogP contribution in [0.4, 0.5) is 0 Å². The van der Waals surface area contributed by atoms with Crippen molar-refractivity contribution in [1.29, 1.82) is 0 Å². The zero-order valence-corrected chi connectivity index (χ0v) is 8.27. The van der Waals surface area contributed by atoms with Gasteiger partial charge in [-0.3, -0.25) is 0 Å². The van der Waals surface area contributed by atoms with Crippen LogP contribution >= 0.6 is 0 Å². The Labute approximate surface area is 82.6 Å². The van der Waals surface area contributed by atoms with Crippen LogP contribution in [0.5, 0.6) is 0 Å². The number of hydrogen-bond donors (Lipinski definition) is 0. The molecule has 2 rings (SSSR count). The van der Waals surface area contributed by atoms with Gasteiger partial charge in [-0.15, -0.1) is 0 Å². The number of benzene rings is 1. The van der Waals surface area contributed by atoms with Crippen LogP contribution in [0.15, 0.2) is 30.5 Å². The van der Waals surface area contributed by atoms with E-state index in [4.69, 9.17) is 4.74 Å². The largest absolute Gasteiger partial charge is 0.504 e. The number of imidazole rings is 1. The molecule has 14 heavy (non-hydrogen) atoms. The van der Waals surface area contributed by atoms with Crippen molar-refractivity contribution in [3.05, 3.63) is 36.4 Å². The Hall–Kier alpha value is -1.77. The molecule has 0 aliphatic heterocycles. The Morgan fingerprint density at radius 3 is 2.86 bits per heavy atom. The summed E-state index contributed by atoms with van der Waals surface area (Å²) in [5.74, 6) is 0.896. The van der Waals surface area contributed by atoms with Crippen LogP contribution in [-0.4, -0.2) is 16.7 Å². The van der Waals surface area contributed by atoms with Crippen molar-refractivity contribution in [2.24, 2.45) is 7.05 Å². The molecule has 0 fully saturated rings. The van der Waals surface area contributed by atoms with Gasteiger partial charge in [0.2, 0.25) is 0 Å². The molecular weight excluding hydrogens is 176 g/mol. The third kappa shape index (κ3) is 1.37. The minimum absolute atomic E-state index is 0.896. The van der Waals surface area contributed by atoms with E-state index in [1.165, 1.54) is 0 Å². The monoisotopic (exact) mass is 188 g/mol. The standard InChI is InChI=1S/C11H12N2O/c1-13-10-6-4-3-5-9(10)12-11(13)7-8-14-2/h3-8H,1-2H3. The molecule has 0 unspecified atom stereocenters. The molecule has 3 nitrogen and oxygen atoms in total. The molecule has 1 heterocycles. The maximum Gasteiger partial charge on any atom is 0.136 e. The van der Waals surface area contributed by atoms with Crippen LogP contribution < -0.4 is 0 Å². The van der Waals surface area contributed by atoms with Gasteiger partial charge in [0.1, 0.15) is 5.82 Å². The SMILES string of the molecule is COC=Cc1nc2ccccc2n1C. The molecule has 0 N–H and O–H groups in total. The fourth-order valence-corrected chi connectivity index (χ4v) is 1.44. The van der Waals surface area contributed by atoms with Crippen molar-refractivity contribution in [2.45, 2.75) is 0 Å². The molecule has 0 spiro atoms. The summed E-state index contributed by atoms with van der Waals surface area (Å²) in [5.41, 5.74) is 2.13. The maximum atomic E-state index is 4.86. The minimum atomic E-state index is 0.896. The van der Waals surface area contributed by atoms with Crippen molar-refractivity contribution in [2.75, 3.05) is 7.11 Å². The summed E-state index contributed by atoms with van der Waals surface area (Å²) in [6.07, 6.45) is 3.47. The van der Waals surface area contributed by atoms with Gasteiger partial charge in [0.05, 0.1) is 24.4 Å². The molecule has 1 aromatic carbocycles. The molecule has 0 radical (unpaired) electrons. The molecule has 1 aromatic heterocycles. The van der Waals surface area contributed by atoms with Gasteiger partial charge in [0.15, 0.2) is 0 Å². The van der Waals surface area contributed by atoms with Crippen molar-refractivity contribution >= 4 is 17.1 Å². The van der Waals surface area contributed by atoms with Crippen LogP contribution in [0, 0.1) is 0 Å². The van der Waals surface area contributed by atoms with Crippen molar-refractivity contribution in [3.63, 3.8) is 0 Å². The van der Waals surface area contributed by atoms with E-state index in [0.717, 1.165) is 16.9 Å². The summed E-state index contributed by atoms with van der Waals surface area (Å²) >= 11 is 0. The van der Waals surface area contributed by atoms with E-state index < -0.39 is 0 Å². The normalized spacial score (nSPS) is 11.3. The summed E-state index contributed by atoms with van der Waals surface area (Å²) in [6.45, 7) is 0. The molecule has 0 saturated heterocycles. The number of fused-ring (bicyclic) bond motifs is 1. The highest BCUT2D eigenvalue weighted by molar-refractivity contribution is 5.77. The Morgan fingerprint density at radius 1 is 1.36 bits per heavy atom. The zero-order valence-electron chi connectivity index (χ0n) is 8.27. The molecule has 0 bridgehead atoms. The summed E-state index contributed by atoms with van der Waals surface area (Å²) in [4.78, 5) is 4.45. The third-order valence-electron chi connectivity index (χ3n) is 2.17. The first-order chi connectivity index (χ1) is 6.83. The van der Waals surface area contributed by atoms with Gasteiger partial charge in [0.25, 0.3) is 0 Å². The lowest BCUT2D eigenvalue weighted by molar-refractivity contribution is 0.341. The highest BCUT2D eigenvalue weighted by Crippen LogP contribution is 2.14. The molecule has 0 saturated carbocycles. The van der Waals surface area contributed by atoms with E-state index in [0.29, 0.717) is 0 Å². The predicted molar refractivity (Wildman–Crippen MR) is 56.8 cm³/mol. The Morgan fingerprint density at radius 2 is 2.14 bits per heavy atom. The molecule has 0 amide bonds. The highest BCUT2D eigenvalue weighted by Gasteiger charge is 2.02. The summed E-state index contributed by atoms with van der Waals surface area (Å²) in [6, 6.07) is 8.04. The fraction of sp³-hybridized carbons (Fsp3) is 0.182. The third-order valence-corrected chi connectivity index (χ3v) is 2.17. The lowest BCUT2D eigenvalue weighted by atomic mass is 10.3. The van der Waals surface area contributed by atoms with Gasteiger partial charge in [-0.25, -0.2) is 4.98 Å². The molecule has 0 atom stereocenters. The Kier molecular flexibility index (Phi) is 2.23. The average Bonchev–Trinajstić information content (AvgIpc) is 2.54. The van der Waals surface area contributed by atoms with E-state index in [1.807, 2.05) is 42.0 Å². The lowest BCUT2D eigenvalue weighted by Crippen LogP contribution is -1.90. The molecule has 72 valence electrons. The van der Waals surface area contributed by atoms with Crippen LogP contribution in [0.25, 0.3) is 17.1 Å². The van der Waals surface area contributed by atoms with E-state index in [-0.39, 0.29) is 0 Å². The van der Waals surface area contributed by atoms with Gasteiger partial charge in [-0.1, -0.05) is 12.1 Å². The Balaban J connectivity index is 2.57. The van der Waals surface area contributed by atoms with Crippen molar-refractivity contribution in [1.82, 2.24) is 9.55 Å². The first-order valence-electron chi connectivity index (χ1n) is 4.43. The molecule has 0 aliphatic rings. The minimum Gasteiger partial charge on any atom is -0.504 e. The number of aromatic nitrogens is 2. The summed E-state index contributed by atoms with van der Waals surface area (Å²) in [7, 11) is 3.61. The quantitative estimate of drug-likeness (QED) is 0.675. The van der Waals surface area contributed by atoms with Crippen LogP contribution in [-0.2, 0) is 11.8 Å². The number of para-hydroxylation sites is 2. The summed E-state index contributed by atoms with van der Waals surface area (Å²) < 4.78 is 6.90.